The van der Waals surface area contributed by atoms with Crippen LogP contribution in [0.4, 0.5) is 11.4 Å². The first-order valence-corrected chi connectivity index (χ1v) is 10.7. The van der Waals surface area contributed by atoms with Crippen LogP contribution in [-0.2, 0) is 10.0 Å². The molecule has 0 radical (unpaired) electrons. The van der Waals surface area contributed by atoms with Gasteiger partial charge in [0.25, 0.3) is 5.69 Å². The molecule has 8 nitrogen and oxygen atoms in total. The maximum absolute atomic E-state index is 12.5. The van der Waals surface area contributed by atoms with E-state index in [1.54, 1.807) is 27.9 Å². The summed E-state index contributed by atoms with van der Waals surface area (Å²) < 4.78 is 32.7. The molecule has 2 rings (SSSR count). The highest BCUT2D eigenvalue weighted by molar-refractivity contribution is 7.89. The largest absolute Gasteiger partial charge is 0.497 e. The van der Waals surface area contributed by atoms with Crippen molar-refractivity contribution in [3.05, 3.63) is 58.1 Å². The van der Waals surface area contributed by atoms with Crippen molar-refractivity contribution in [2.24, 2.45) is 0 Å². The van der Waals surface area contributed by atoms with Crippen LogP contribution >= 0.6 is 0 Å². The Kier molecular flexibility index (Phi) is 6.86. The summed E-state index contributed by atoms with van der Waals surface area (Å²) in [5.41, 5.74) is 0.196. The summed E-state index contributed by atoms with van der Waals surface area (Å²) in [7, 11) is -2.30. The molecule has 2 aromatic rings. The van der Waals surface area contributed by atoms with Crippen LogP contribution in [0.3, 0.4) is 0 Å². The lowest BCUT2D eigenvalue weighted by Gasteiger charge is -2.21. The summed E-state index contributed by atoms with van der Waals surface area (Å²) in [5, 5.41) is 14.8. The van der Waals surface area contributed by atoms with Crippen LogP contribution in [0.5, 0.6) is 5.75 Å². The average Bonchev–Trinajstić information content (AvgIpc) is 2.64. The molecule has 0 amide bonds. The molecule has 9 heteroatoms. The Bertz CT molecular complexity index is 967. The van der Waals surface area contributed by atoms with Gasteiger partial charge in [0.05, 0.1) is 23.0 Å². The minimum absolute atomic E-state index is 0.151. The van der Waals surface area contributed by atoms with E-state index in [-0.39, 0.29) is 22.3 Å². The van der Waals surface area contributed by atoms with Gasteiger partial charge in [0.2, 0.25) is 10.0 Å². The Morgan fingerprint density at radius 3 is 2.24 bits per heavy atom. The van der Waals surface area contributed by atoms with Gasteiger partial charge in [0, 0.05) is 11.6 Å². The van der Waals surface area contributed by atoms with Gasteiger partial charge in [0.15, 0.2) is 0 Å². The highest BCUT2D eigenvalue weighted by Gasteiger charge is 2.26. The van der Waals surface area contributed by atoms with Crippen molar-refractivity contribution < 1.29 is 18.1 Å². The number of rotatable bonds is 8. The molecule has 158 valence electrons. The van der Waals surface area contributed by atoms with Crippen molar-refractivity contribution in [1.29, 1.82) is 0 Å². The normalized spacial score (nSPS) is 13.0. The van der Waals surface area contributed by atoms with E-state index < -0.39 is 20.5 Å². The van der Waals surface area contributed by atoms with E-state index in [2.05, 4.69) is 10.0 Å². The van der Waals surface area contributed by atoms with Gasteiger partial charge in [-0.1, -0.05) is 19.1 Å². The van der Waals surface area contributed by atoms with Crippen LogP contribution in [0.2, 0.25) is 0 Å². The van der Waals surface area contributed by atoms with E-state index in [0.717, 1.165) is 17.4 Å². The molecular formula is C20H27N3O5S. The number of benzene rings is 2. The van der Waals surface area contributed by atoms with Gasteiger partial charge < -0.3 is 10.1 Å². The summed E-state index contributed by atoms with van der Waals surface area (Å²) in [6.45, 7) is 7.07. The summed E-state index contributed by atoms with van der Waals surface area (Å²) in [6, 6.07) is 11.1. The third-order valence-corrected chi connectivity index (χ3v) is 5.93. The number of sulfonamides is 1. The molecule has 0 aromatic heterocycles. The zero-order valence-electron chi connectivity index (χ0n) is 17.2. The van der Waals surface area contributed by atoms with Crippen LogP contribution in [0.15, 0.2) is 47.4 Å². The van der Waals surface area contributed by atoms with E-state index in [9.17, 15) is 18.5 Å². The molecule has 0 fully saturated rings. The number of hydrogen-bond donors (Lipinski definition) is 2. The second kappa shape index (κ2) is 8.79. The molecule has 0 heterocycles. The SMILES string of the molecule is CCC(Nc1ccc(S(=O)(=O)NC(C)(C)C)cc1[N+](=O)[O-])c1ccc(OC)cc1. The van der Waals surface area contributed by atoms with Crippen LogP contribution in [0.25, 0.3) is 0 Å². The molecule has 2 aromatic carbocycles. The number of nitro benzene ring substituents is 1. The van der Waals surface area contributed by atoms with Gasteiger partial charge in [-0.25, -0.2) is 13.1 Å². The van der Waals surface area contributed by atoms with Gasteiger partial charge >= 0.3 is 0 Å². The molecule has 1 unspecified atom stereocenters. The minimum atomic E-state index is -3.88. The molecule has 29 heavy (non-hydrogen) atoms. The summed E-state index contributed by atoms with van der Waals surface area (Å²) >= 11 is 0. The molecule has 0 aliphatic carbocycles. The van der Waals surface area contributed by atoms with Crippen molar-refractivity contribution in [2.75, 3.05) is 12.4 Å². The third-order valence-electron chi connectivity index (χ3n) is 4.17. The Balaban J connectivity index is 2.38. The number of nitrogens with one attached hydrogen (secondary N) is 2. The van der Waals surface area contributed by atoms with Crippen molar-refractivity contribution in [2.45, 2.75) is 50.6 Å². The van der Waals surface area contributed by atoms with Gasteiger partial charge in [-0.15, -0.1) is 0 Å². The van der Waals surface area contributed by atoms with Crippen molar-refractivity contribution >= 4 is 21.4 Å². The zero-order valence-corrected chi connectivity index (χ0v) is 18.0. The molecular weight excluding hydrogens is 394 g/mol. The minimum Gasteiger partial charge on any atom is -0.497 e. The van der Waals surface area contributed by atoms with Gasteiger partial charge in [-0.2, -0.15) is 0 Å². The number of methoxy groups -OCH3 is 1. The first kappa shape index (κ1) is 22.6. The smallest absolute Gasteiger partial charge is 0.293 e. The summed E-state index contributed by atoms with van der Waals surface area (Å²) in [5.74, 6) is 0.718. The highest BCUT2D eigenvalue weighted by atomic mass is 32.2. The second-order valence-electron chi connectivity index (χ2n) is 7.67. The van der Waals surface area contributed by atoms with E-state index >= 15 is 0 Å². The molecule has 0 spiro atoms. The van der Waals surface area contributed by atoms with Crippen molar-refractivity contribution in [3.8, 4) is 5.75 Å². The number of ether oxygens (including phenoxy) is 1. The first-order chi connectivity index (χ1) is 13.5. The van der Waals surface area contributed by atoms with Crippen LogP contribution in [0, 0.1) is 10.1 Å². The van der Waals surface area contributed by atoms with Gasteiger partial charge in [-0.05, 0) is 57.0 Å². The molecule has 0 saturated heterocycles. The topological polar surface area (TPSA) is 111 Å². The Morgan fingerprint density at radius 1 is 1.14 bits per heavy atom. The predicted octanol–water partition coefficient (Wildman–Crippen LogP) is 4.24. The Morgan fingerprint density at radius 2 is 1.76 bits per heavy atom. The second-order valence-corrected chi connectivity index (χ2v) is 9.35. The third kappa shape index (κ3) is 5.91. The van der Waals surface area contributed by atoms with Crippen LogP contribution in [-0.4, -0.2) is 26.0 Å². The number of hydrogen-bond acceptors (Lipinski definition) is 6. The predicted molar refractivity (Wildman–Crippen MR) is 113 cm³/mol. The molecule has 2 N–H and O–H groups in total. The lowest BCUT2D eigenvalue weighted by Crippen LogP contribution is -2.40. The van der Waals surface area contributed by atoms with E-state index in [4.69, 9.17) is 4.74 Å². The molecule has 0 saturated carbocycles. The lowest BCUT2D eigenvalue weighted by molar-refractivity contribution is -0.384. The van der Waals surface area contributed by atoms with E-state index in [0.29, 0.717) is 6.42 Å². The van der Waals surface area contributed by atoms with E-state index in [1.165, 1.54) is 12.1 Å². The number of nitrogens with zero attached hydrogens (tertiary/aromatic N) is 1. The summed E-state index contributed by atoms with van der Waals surface area (Å²) in [6.07, 6.45) is 0.676. The zero-order chi connectivity index (χ0) is 21.8. The highest BCUT2D eigenvalue weighted by Crippen LogP contribution is 2.32. The standard InChI is InChI=1S/C20H27N3O5S/c1-6-17(14-7-9-15(28-5)10-8-14)21-18-12-11-16(13-19(18)23(24)25)29(26,27)22-20(2,3)4/h7-13,17,21-22H,6H2,1-5H3. The van der Waals surface area contributed by atoms with Gasteiger partial charge in [-0.3, -0.25) is 10.1 Å². The summed E-state index contributed by atoms with van der Waals surface area (Å²) in [4.78, 5) is 10.9. The molecule has 0 aliphatic heterocycles. The van der Waals surface area contributed by atoms with Crippen molar-refractivity contribution in [1.82, 2.24) is 4.72 Å². The maximum atomic E-state index is 12.5. The number of nitro groups is 1. The average molecular weight is 422 g/mol. The molecule has 1 atom stereocenters. The fraction of sp³-hybridized carbons (Fsp3) is 0.400. The molecule has 0 bridgehead atoms. The Hall–Kier alpha value is -2.65. The van der Waals surface area contributed by atoms with E-state index in [1.807, 2.05) is 31.2 Å². The first-order valence-electron chi connectivity index (χ1n) is 9.19. The fourth-order valence-corrected chi connectivity index (χ4v) is 4.30. The van der Waals surface area contributed by atoms with Crippen molar-refractivity contribution in [3.63, 3.8) is 0 Å². The van der Waals surface area contributed by atoms with Crippen LogP contribution < -0.4 is 14.8 Å². The van der Waals surface area contributed by atoms with Gasteiger partial charge in [0.1, 0.15) is 11.4 Å². The fourth-order valence-electron chi connectivity index (χ4n) is 2.86. The maximum Gasteiger partial charge on any atom is 0.293 e. The number of anilines is 1. The monoisotopic (exact) mass is 421 g/mol. The van der Waals surface area contributed by atoms with Crippen LogP contribution in [0.1, 0.15) is 45.7 Å². The molecule has 0 aliphatic rings. The quantitative estimate of drug-likeness (QED) is 0.487. The Labute approximate surface area is 171 Å². The lowest BCUT2D eigenvalue weighted by atomic mass is 10.0.